The molecule has 37 heavy (non-hydrogen) atoms. The van der Waals surface area contributed by atoms with E-state index in [4.69, 9.17) is 4.74 Å². The second-order valence-corrected chi connectivity index (χ2v) is 8.51. The molecule has 0 unspecified atom stereocenters. The van der Waals surface area contributed by atoms with Crippen LogP contribution in [0.15, 0.2) is 79.1 Å². The summed E-state index contributed by atoms with van der Waals surface area (Å²) in [5, 5.41) is 6.00. The van der Waals surface area contributed by atoms with E-state index in [0.717, 1.165) is 16.9 Å². The number of nitrogens with one attached hydrogen (secondary N) is 2. The summed E-state index contributed by atoms with van der Waals surface area (Å²) in [5.41, 5.74) is 3.80. The van der Waals surface area contributed by atoms with Crippen LogP contribution in [-0.4, -0.2) is 39.7 Å². The lowest BCUT2D eigenvalue weighted by atomic mass is 10.1. The standard InChI is InChI=1S/C28H23N5O4/c1-17-13-25(30-16-29-17)31-20-6-8-21(9-7-20)32-26(34)19-5-12-23-24(14-19)28(36)33(27(23)35)15-18-3-10-22(37-2)11-4-18/h3-14,16H,15H2,1-2H3,(H,32,34)(H,29,30,31). The number of fused-ring (bicyclic) bond motifs is 1. The maximum Gasteiger partial charge on any atom is 0.261 e. The second-order valence-electron chi connectivity index (χ2n) is 8.51. The fourth-order valence-corrected chi connectivity index (χ4v) is 4.00. The second kappa shape index (κ2) is 9.90. The average molecular weight is 494 g/mol. The molecule has 9 nitrogen and oxygen atoms in total. The largest absolute Gasteiger partial charge is 0.497 e. The van der Waals surface area contributed by atoms with Crippen LogP contribution in [0.1, 0.15) is 42.3 Å². The summed E-state index contributed by atoms with van der Waals surface area (Å²) < 4.78 is 5.15. The van der Waals surface area contributed by atoms with Crippen LogP contribution in [0, 0.1) is 6.92 Å². The number of aryl methyl sites for hydroxylation is 1. The van der Waals surface area contributed by atoms with Crippen molar-refractivity contribution >= 4 is 34.9 Å². The smallest absolute Gasteiger partial charge is 0.261 e. The number of imide groups is 1. The van der Waals surface area contributed by atoms with Gasteiger partial charge in [0.05, 0.1) is 24.8 Å². The van der Waals surface area contributed by atoms with Gasteiger partial charge in [0.25, 0.3) is 17.7 Å². The third-order valence-electron chi connectivity index (χ3n) is 5.95. The minimum absolute atomic E-state index is 0.132. The van der Waals surface area contributed by atoms with Gasteiger partial charge in [0.15, 0.2) is 0 Å². The molecule has 4 aromatic rings. The molecule has 0 radical (unpaired) electrons. The van der Waals surface area contributed by atoms with Crippen molar-refractivity contribution < 1.29 is 19.1 Å². The quantitative estimate of drug-likeness (QED) is 0.362. The van der Waals surface area contributed by atoms with E-state index >= 15 is 0 Å². The molecule has 0 fully saturated rings. The molecule has 2 heterocycles. The van der Waals surface area contributed by atoms with Crippen LogP contribution in [0.4, 0.5) is 17.2 Å². The molecule has 1 aliphatic heterocycles. The van der Waals surface area contributed by atoms with Crippen LogP contribution in [0.2, 0.25) is 0 Å². The van der Waals surface area contributed by atoms with E-state index in [2.05, 4.69) is 20.6 Å². The highest BCUT2D eigenvalue weighted by Crippen LogP contribution is 2.27. The summed E-state index contributed by atoms with van der Waals surface area (Å²) in [7, 11) is 1.57. The Balaban J connectivity index is 1.26. The fraction of sp³-hybridized carbons (Fsp3) is 0.107. The first-order valence-corrected chi connectivity index (χ1v) is 11.5. The molecular formula is C28H23N5O4. The Morgan fingerprint density at radius 2 is 1.57 bits per heavy atom. The Bertz CT molecular complexity index is 1500. The van der Waals surface area contributed by atoms with Crippen molar-refractivity contribution in [3.05, 3.63) is 107 Å². The molecule has 9 heteroatoms. The van der Waals surface area contributed by atoms with E-state index in [9.17, 15) is 14.4 Å². The van der Waals surface area contributed by atoms with Crippen molar-refractivity contribution in [2.75, 3.05) is 17.7 Å². The van der Waals surface area contributed by atoms with Crippen LogP contribution < -0.4 is 15.4 Å². The van der Waals surface area contributed by atoms with Crippen molar-refractivity contribution in [2.45, 2.75) is 13.5 Å². The van der Waals surface area contributed by atoms with Gasteiger partial charge in [0.2, 0.25) is 0 Å². The van der Waals surface area contributed by atoms with Crippen LogP contribution in [-0.2, 0) is 6.54 Å². The molecule has 0 aliphatic carbocycles. The first kappa shape index (κ1) is 23.7. The number of ether oxygens (including phenoxy) is 1. The van der Waals surface area contributed by atoms with E-state index in [0.29, 0.717) is 17.3 Å². The molecule has 0 saturated carbocycles. The average Bonchev–Trinajstić information content (AvgIpc) is 3.14. The molecular weight excluding hydrogens is 470 g/mol. The predicted molar refractivity (Wildman–Crippen MR) is 138 cm³/mol. The number of hydrogen-bond acceptors (Lipinski definition) is 7. The maximum absolute atomic E-state index is 13.0. The number of anilines is 3. The highest BCUT2D eigenvalue weighted by atomic mass is 16.5. The van der Waals surface area contributed by atoms with Crippen molar-refractivity contribution in [3.63, 3.8) is 0 Å². The highest BCUT2D eigenvalue weighted by Gasteiger charge is 2.36. The Morgan fingerprint density at radius 3 is 2.27 bits per heavy atom. The first-order valence-electron chi connectivity index (χ1n) is 11.5. The van der Waals surface area contributed by atoms with Crippen LogP contribution in [0.5, 0.6) is 5.75 Å². The van der Waals surface area contributed by atoms with Crippen molar-refractivity contribution in [1.82, 2.24) is 14.9 Å². The third kappa shape index (κ3) is 5.01. The molecule has 5 rings (SSSR count). The molecule has 2 N–H and O–H groups in total. The van der Waals surface area contributed by atoms with Crippen molar-refractivity contribution in [1.29, 1.82) is 0 Å². The molecule has 0 bridgehead atoms. The van der Waals surface area contributed by atoms with E-state index in [-0.39, 0.29) is 35.0 Å². The van der Waals surface area contributed by atoms with Gasteiger partial charge >= 0.3 is 0 Å². The summed E-state index contributed by atoms with van der Waals surface area (Å²) >= 11 is 0. The van der Waals surface area contributed by atoms with Crippen LogP contribution >= 0.6 is 0 Å². The highest BCUT2D eigenvalue weighted by molar-refractivity contribution is 6.22. The number of rotatable bonds is 7. The molecule has 184 valence electrons. The van der Waals surface area contributed by atoms with E-state index in [1.54, 1.807) is 49.6 Å². The van der Waals surface area contributed by atoms with Crippen molar-refractivity contribution in [3.8, 4) is 5.75 Å². The van der Waals surface area contributed by atoms with Gasteiger partial charge in [-0.2, -0.15) is 0 Å². The van der Waals surface area contributed by atoms with Gasteiger partial charge < -0.3 is 15.4 Å². The Morgan fingerprint density at radius 1 is 0.865 bits per heavy atom. The lowest BCUT2D eigenvalue weighted by Crippen LogP contribution is -2.29. The zero-order valence-electron chi connectivity index (χ0n) is 20.2. The monoisotopic (exact) mass is 493 g/mol. The predicted octanol–water partition coefficient (Wildman–Crippen LogP) is 4.59. The summed E-state index contributed by atoms with van der Waals surface area (Å²) in [5.74, 6) is 0.158. The zero-order valence-corrected chi connectivity index (χ0v) is 20.2. The number of amides is 3. The summed E-state index contributed by atoms with van der Waals surface area (Å²) in [6.45, 7) is 2.01. The third-order valence-corrected chi connectivity index (χ3v) is 5.95. The van der Waals surface area contributed by atoms with E-state index in [1.807, 2.05) is 25.1 Å². The maximum atomic E-state index is 13.0. The minimum atomic E-state index is -0.430. The zero-order chi connectivity index (χ0) is 25.9. The molecule has 1 aliphatic rings. The molecule has 0 saturated heterocycles. The van der Waals surface area contributed by atoms with Crippen LogP contribution in [0.3, 0.4) is 0 Å². The Kier molecular flexibility index (Phi) is 6.34. The number of nitrogens with zero attached hydrogens (tertiary/aromatic N) is 3. The van der Waals surface area contributed by atoms with Gasteiger partial charge in [-0.15, -0.1) is 0 Å². The lowest BCUT2D eigenvalue weighted by molar-refractivity contribution is 0.0642. The summed E-state index contributed by atoms with van der Waals surface area (Å²) in [6.07, 6.45) is 1.49. The van der Waals surface area contributed by atoms with E-state index < -0.39 is 5.91 Å². The summed E-state index contributed by atoms with van der Waals surface area (Å²) in [4.78, 5) is 48.2. The Hall–Kier alpha value is -5.05. The molecule has 1 aromatic heterocycles. The molecule has 3 aromatic carbocycles. The number of aromatic nitrogens is 2. The SMILES string of the molecule is COc1ccc(CN2C(=O)c3ccc(C(=O)Nc4ccc(Nc5cc(C)ncn5)cc4)cc3C2=O)cc1. The number of hydrogen-bond donors (Lipinski definition) is 2. The molecule has 0 atom stereocenters. The molecule has 3 amide bonds. The number of carbonyl (C=O) groups is 3. The number of methoxy groups -OCH3 is 1. The van der Waals surface area contributed by atoms with Gasteiger partial charge in [-0.1, -0.05) is 12.1 Å². The minimum Gasteiger partial charge on any atom is -0.497 e. The normalized spacial score (nSPS) is 12.3. The first-order chi connectivity index (χ1) is 17.9. The van der Waals surface area contributed by atoms with Gasteiger partial charge in [-0.3, -0.25) is 19.3 Å². The molecule has 0 spiro atoms. The van der Waals surface area contributed by atoms with Gasteiger partial charge in [0, 0.05) is 28.7 Å². The Labute approximate surface area is 213 Å². The van der Waals surface area contributed by atoms with Crippen molar-refractivity contribution in [2.24, 2.45) is 0 Å². The van der Waals surface area contributed by atoms with Crippen LogP contribution in [0.25, 0.3) is 0 Å². The number of carbonyl (C=O) groups excluding carboxylic acids is 3. The van der Waals surface area contributed by atoms with E-state index in [1.165, 1.54) is 23.4 Å². The van der Waals surface area contributed by atoms with Gasteiger partial charge in [-0.25, -0.2) is 9.97 Å². The van der Waals surface area contributed by atoms with Gasteiger partial charge in [-0.05, 0) is 67.1 Å². The fourth-order valence-electron chi connectivity index (χ4n) is 4.00. The lowest BCUT2D eigenvalue weighted by Gasteiger charge is -2.14. The topological polar surface area (TPSA) is 114 Å². The van der Waals surface area contributed by atoms with Gasteiger partial charge in [0.1, 0.15) is 17.9 Å². The number of benzene rings is 3. The summed E-state index contributed by atoms with van der Waals surface area (Å²) in [6, 6.07) is 20.7.